The topological polar surface area (TPSA) is 66.6 Å². The first-order valence-corrected chi connectivity index (χ1v) is 8.06. The second-order valence-electron chi connectivity index (χ2n) is 6.30. The third kappa shape index (κ3) is 4.20. The number of furan rings is 1. The van der Waals surface area contributed by atoms with Gasteiger partial charge in [0.2, 0.25) is 5.91 Å². The lowest BCUT2D eigenvalue weighted by atomic mass is 9.97. The number of amides is 1. The summed E-state index contributed by atoms with van der Waals surface area (Å²) < 4.78 is 5.37. The Morgan fingerprint density at radius 2 is 2.09 bits per heavy atom. The maximum atomic E-state index is 12.7. The number of nitrogens with zero attached hydrogens (tertiary/aromatic N) is 2. The van der Waals surface area contributed by atoms with Crippen LogP contribution in [0.2, 0.25) is 0 Å². The molecule has 1 saturated carbocycles. The first-order chi connectivity index (χ1) is 11.1. The SMILES string of the molecule is O=C(CC1(O)CCCC1)N(Cc1cccnc1)Cc1ccco1. The summed E-state index contributed by atoms with van der Waals surface area (Å²) in [5, 5.41) is 10.5. The fourth-order valence-corrected chi connectivity index (χ4v) is 3.14. The molecule has 3 rings (SSSR count). The average Bonchev–Trinajstić information content (AvgIpc) is 3.19. The van der Waals surface area contributed by atoms with E-state index in [0.29, 0.717) is 25.9 Å². The van der Waals surface area contributed by atoms with Crippen molar-refractivity contribution in [2.75, 3.05) is 0 Å². The van der Waals surface area contributed by atoms with E-state index in [1.807, 2.05) is 24.3 Å². The number of hydrogen-bond acceptors (Lipinski definition) is 4. The van der Waals surface area contributed by atoms with Gasteiger partial charge in [0.1, 0.15) is 5.76 Å². The van der Waals surface area contributed by atoms with Crippen molar-refractivity contribution in [2.45, 2.75) is 50.8 Å². The molecule has 0 radical (unpaired) electrons. The van der Waals surface area contributed by atoms with Gasteiger partial charge in [-0.25, -0.2) is 0 Å². The van der Waals surface area contributed by atoms with Gasteiger partial charge in [0.05, 0.1) is 24.8 Å². The molecule has 2 aromatic rings. The van der Waals surface area contributed by atoms with Crippen molar-refractivity contribution in [1.82, 2.24) is 9.88 Å². The van der Waals surface area contributed by atoms with E-state index in [1.165, 1.54) is 0 Å². The van der Waals surface area contributed by atoms with Gasteiger partial charge in [-0.3, -0.25) is 9.78 Å². The molecule has 5 heteroatoms. The number of carbonyl (C=O) groups is 1. The predicted octanol–water partition coefficient (Wildman–Crippen LogP) is 2.90. The van der Waals surface area contributed by atoms with Crippen LogP contribution in [0.3, 0.4) is 0 Å². The summed E-state index contributed by atoms with van der Waals surface area (Å²) in [6.07, 6.45) is 8.65. The number of hydrogen-bond donors (Lipinski definition) is 1. The molecule has 0 aromatic carbocycles. The molecule has 1 fully saturated rings. The fourth-order valence-electron chi connectivity index (χ4n) is 3.14. The summed E-state index contributed by atoms with van der Waals surface area (Å²) >= 11 is 0. The molecule has 0 bridgehead atoms. The van der Waals surface area contributed by atoms with Crippen molar-refractivity contribution in [1.29, 1.82) is 0 Å². The molecular weight excluding hydrogens is 292 g/mol. The third-order valence-corrected chi connectivity index (χ3v) is 4.39. The molecule has 1 aliphatic rings. The maximum absolute atomic E-state index is 12.7. The Balaban J connectivity index is 1.72. The molecule has 2 heterocycles. The van der Waals surface area contributed by atoms with E-state index in [4.69, 9.17) is 4.42 Å². The van der Waals surface area contributed by atoms with Crippen LogP contribution in [0.5, 0.6) is 0 Å². The zero-order valence-electron chi connectivity index (χ0n) is 13.1. The predicted molar refractivity (Wildman–Crippen MR) is 85.2 cm³/mol. The molecular formula is C18H22N2O3. The van der Waals surface area contributed by atoms with E-state index in [2.05, 4.69) is 4.98 Å². The highest BCUT2D eigenvalue weighted by atomic mass is 16.3. The van der Waals surface area contributed by atoms with E-state index in [9.17, 15) is 9.90 Å². The van der Waals surface area contributed by atoms with E-state index in [-0.39, 0.29) is 12.3 Å². The first kappa shape index (κ1) is 15.7. The van der Waals surface area contributed by atoms with E-state index < -0.39 is 5.60 Å². The molecule has 0 atom stereocenters. The monoisotopic (exact) mass is 314 g/mol. The first-order valence-electron chi connectivity index (χ1n) is 8.06. The van der Waals surface area contributed by atoms with Gasteiger partial charge < -0.3 is 14.4 Å². The normalized spacial score (nSPS) is 16.4. The highest BCUT2D eigenvalue weighted by Gasteiger charge is 2.35. The zero-order chi connectivity index (χ0) is 16.1. The largest absolute Gasteiger partial charge is 0.467 e. The van der Waals surface area contributed by atoms with Gasteiger partial charge >= 0.3 is 0 Å². The van der Waals surface area contributed by atoms with Crippen molar-refractivity contribution in [3.63, 3.8) is 0 Å². The summed E-state index contributed by atoms with van der Waals surface area (Å²) in [5.74, 6) is 0.690. The Morgan fingerprint density at radius 3 is 2.74 bits per heavy atom. The Labute approximate surface area is 135 Å². The Morgan fingerprint density at radius 1 is 1.26 bits per heavy atom. The van der Waals surface area contributed by atoms with Crippen LogP contribution >= 0.6 is 0 Å². The van der Waals surface area contributed by atoms with Crippen molar-refractivity contribution in [3.05, 3.63) is 54.2 Å². The van der Waals surface area contributed by atoms with E-state index >= 15 is 0 Å². The molecule has 1 N–H and O–H groups in total. The van der Waals surface area contributed by atoms with E-state index in [1.54, 1.807) is 23.6 Å². The Hall–Kier alpha value is -2.14. The molecule has 0 aliphatic heterocycles. The van der Waals surface area contributed by atoms with Crippen LogP contribution in [0.15, 0.2) is 47.3 Å². The van der Waals surface area contributed by atoms with Crippen LogP contribution in [-0.2, 0) is 17.9 Å². The molecule has 122 valence electrons. The summed E-state index contributed by atoms with van der Waals surface area (Å²) in [7, 11) is 0. The average molecular weight is 314 g/mol. The van der Waals surface area contributed by atoms with Crippen LogP contribution in [-0.4, -0.2) is 26.5 Å². The van der Waals surface area contributed by atoms with Crippen LogP contribution in [0.1, 0.15) is 43.4 Å². The summed E-state index contributed by atoms with van der Waals surface area (Å²) in [6, 6.07) is 7.47. The molecule has 2 aromatic heterocycles. The van der Waals surface area contributed by atoms with Crippen LogP contribution in [0, 0.1) is 0 Å². The highest BCUT2D eigenvalue weighted by molar-refractivity contribution is 5.77. The molecule has 23 heavy (non-hydrogen) atoms. The van der Waals surface area contributed by atoms with Gasteiger partial charge in [-0.1, -0.05) is 18.9 Å². The maximum Gasteiger partial charge on any atom is 0.226 e. The van der Waals surface area contributed by atoms with Crippen molar-refractivity contribution >= 4 is 5.91 Å². The van der Waals surface area contributed by atoms with Crippen LogP contribution in [0.4, 0.5) is 0 Å². The van der Waals surface area contributed by atoms with Crippen LogP contribution in [0.25, 0.3) is 0 Å². The summed E-state index contributed by atoms with van der Waals surface area (Å²) in [6.45, 7) is 0.861. The molecule has 0 spiro atoms. The summed E-state index contributed by atoms with van der Waals surface area (Å²) in [5.41, 5.74) is 0.124. The molecule has 1 amide bonds. The van der Waals surface area contributed by atoms with Crippen molar-refractivity contribution in [3.8, 4) is 0 Å². The van der Waals surface area contributed by atoms with Gasteiger partial charge in [-0.15, -0.1) is 0 Å². The van der Waals surface area contributed by atoms with Crippen LogP contribution < -0.4 is 0 Å². The van der Waals surface area contributed by atoms with Gasteiger partial charge in [0, 0.05) is 18.9 Å². The smallest absolute Gasteiger partial charge is 0.226 e. The van der Waals surface area contributed by atoms with Gasteiger partial charge in [-0.05, 0) is 36.6 Å². The number of aromatic nitrogens is 1. The minimum absolute atomic E-state index is 0.0466. The minimum Gasteiger partial charge on any atom is -0.467 e. The zero-order valence-corrected chi connectivity index (χ0v) is 13.1. The summed E-state index contributed by atoms with van der Waals surface area (Å²) in [4.78, 5) is 18.6. The minimum atomic E-state index is -0.840. The second kappa shape index (κ2) is 6.96. The third-order valence-electron chi connectivity index (χ3n) is 4.39. The molecule has 0 saturated heterocycles. The number of rotatable bonds is 6. The lowest BCUT2D eigenvalue weighted by Gasteiger charge is -2.27. The molecule has 5 nitrogen and oxygen atoms in total. The number of carbonyl (C=O) groups excluding carboxylic acids is 1. The standard InChI is InChI=1S/C18H22N2O3/c21-17(11-18(22)7-1-2-8-18)20(14-16-6-4-10-23-16)13-15-5-3-9-19-12-15/h3-6,9-10,12,22H,1-2,7-8,11,13-14H2. The van der Waals surface area contributed by atoms with Crippen molar-refractivity contribution < 1.29 is 14.3 Å². The quantitative estimate of drug-likeness (QED) is 0.890. The molecule has 0 unspecified atom stereocenters. The Kier molecular flexibility index (Phi) is 4.76. The van der Waals surface area contributed by atoms with Crippen molar-refractivity contribution in [2.24, 2.45) is 0 Å². The lowest BCUT2D eigenvalue weighted by molar-refractivity contribution is -0.137. The van der Waals surface area contributed by atoms with Gasteiger partial charge in [0.25, 0.3) is 0 Å². The number of aliphatic hydroxyl groups is 1. The number of pyridine rings is 1. The lowest BCUT2D eigenvalue weighted by Crippen LogP contribution is -2.37. The highest BCUT2D eigenvalue weighted by Crippen LogP contribution is 2.33. The van der Waals surface area contributed by atoms with E-state index in [0.717, 1.165) is 24.2 Å². The van der Waals surface area contributed by atoms with Gasteiger partial charge in [0.15, 0.2) is 0 Å². The second-order valence-corrected chi connectivity index (χ2v) is 6.30. The Bertz CT molecular complexity index is 619. The van der Waals surface area contributed by atoms with Gasteiger partial charge in [-0.2, -0.15) is 0 Å². The fraction of sp³-hybridized carbons (Fsp3) is 0.444. The molecule has 1 aliphatic carbocycles.